The molecule has 13 nitrogen and oxygen atoms in total. The largest absolute Gasteiger partial charge is 0.469 e. The van der Waals surface area contributed by atoms with E-state index in [0.29, 0.717) is 16.8 Å². The van der Waals surface area contributed by atoms with Crippen LogP contribution in [0.3, 0.4) is 0 Å². The zero-order valence-electron chi connectivity index (χ0n) is 30.6. The van der Waals surface area contributed by atoms with Crippen LogP contribution in [0, 0.1) is 5.92 Å². The number of phosphoric ester groups is 1. The second kappa shape index (κ2) is 18.1. The molecule has 48 heavy (non-hydrogen) atoms. The van der Waals surface area contributed by atoms with Gasteiger partial charge in [-0.15, -0.1) is 0 Å². The summed E-state index contributed by atoms with van der Waals surface area (Å²) in [6.07, 6.45) is -1.06. The summed E-state index contributed by atoms with van der Waals surface area (Å²) in [5, 5.41) is 5.14. The summed E-state index contributed by atoms with van der Waals surface area (Å²) in [5.41, 5.74) is 7.35. The number of anilines is 1. The van der Waals surface area contributed by atoms with Crippen molar-refractivity contribution in [3.05, 3.63) is 96.1 Å². The molecule has 262 valence electrons. The van der Waals surface area contributed by atoms with Gasteiger partial charge in [0, 0.05) is 30.7 Å². The lowest BCUT2D eigenvalue weighted by atomic mass is 9.84. The second-order valence-electron chi connectivity index (χ2n) is 11.4. The molecule has 3 aromatic rings. The number of phosphoric acid groups is 1. The van der Waals surface area contributed by atoms with Gasteiger partial charge in [-0.05, 0) is 54.2 Å². The van der Waals surface area contributed by atoms with E-state index in [1.165, 1.54) is 24.3 Å². The Labute approximate surface area is 287 Å². The number of amides is 2. The Morgan fingerprint density at radius 1 is 0.979 bits per heavy atom. The van der Waals surface area contributed by atoms with Gasteiger partial charge in [-0.25, -0.2) is 17.8 Å². The molecule has 3 aromatic carbocycles. The lowest BCUT2D eigenvalue weighted by Crippen LogP contribution is -2.50. The fraction of sp³-hybridized carbons (Fsp3) is 0.394. The molecule has 0 aliphatic heterocycles. The van der Waals surface area contributed by atoms with Gasteiger partial charge < -0.3 is 30.9 Å². The lowest BCUT2D eigenvalue weighted by molar-refractivity contribution is -0.123. The molecule has 0 radical (unpaired) electrons. The molecule has 3 rings (SSSR count). The number of carbonyl (C=O) groups excluding carboxylic acids is 2. The number of unbranched alkanes of at least 4 members (excludes halogenated alkanes) is 1. The number of nitrogen functional groups attached to an aromatic ring is 1. The highest BCUT2D eigenvalue weighted by Crippen LogP contribution is 2.37. The standard InChI is InChI=1S/C33H45N4O9PS/c1-24(2)22-37(48(43,44)29-19-17-27(34)18-20-29)28(23-46-47(40,41)42)16-10-11-21-35-32(38)31(36-33(39)45-3)30(25-12-6-4-7-13-25)26-14-8-5-9-15-26/h4-9,12-15,17-20,24,28,30-31H,10-11,16,21-23,34H2,1-3H3,(H,35,38)(H,36,39)(H2,40,41,42)/t28-,31-/m0/s1/i3D3,23D/t23?,28-,31-. The Morgan fingerprint density at radius 3 is 2.08 bits per heavy atom. The molecule has 1 unspecified atom stereocenters. The van der Waals surface area contributed by atoms with Crippen LogP contribution >= 0.6 is 7.82 Å². The Morgan fingerprint density at radius 2 is 1.56 bits per heavy atom. The van der Waals surface area contributed by atoms with E-state index < -0.39 is 61.5 Å². The van der Waals surface area contributed by atoms with E-state index in [1.54, 1.807) is 74.5 Å². The maximum Gasteiger partial charge on any atom is 0.469 e. The van der Waals surface area contributed by atoms with Gasteiger partial charge in [-0.2, -0.15) is 4.31 Å². The van der Waals surface area contributed by atoms with E-state index in [0.717, 1.165) is 4.31 Å². The predicted octanol–water partition coefficient (Wildman–Crippen LogP) is 4.24. The second-order valence-corrected chi connectivity index (χ2v) is 14.5. The summed E-state index contributed by atoms with van der Waals surface area (Å²) >= 11 is 0. The number of benzene rings is 3. The summed E-state index contributed by atoms with van der Waals surface area (Å²) in [5.74, 6) is -1.70. The van der Waals surface area contributed by atoms with Gasteiger partial charge in [-0.3, -0.25) is 9.32 Å². The molecular formula is C33H45N4O9PS. The van der Waals surface area contributed by atoms with Crippen LogP contribution in [0.4, 0.5) is 10.5 Å². The van der Waals surface area contributed by atoms with E-state index in [1.807, 2.05) is 0 Å². The van der Waals surface area contributed by atoms with Crippen LogP contribution in [0.2, 0.25) is 0 Å². The van der Waals surface area contributed by atoms with E-state index in [9.17, 15) is 32.4 Å². The molecule has 0 heterocycles. The summed E-state index contributed by atoms with van der Waals surface area (Å²) in [4.78, 5) is 45.3. The first-order valence-corrected chi connectivity index (χ1v) is 18.2. The van der Waals surface area contributed by atoms with Crippen molar-refractivity contribution in [3.8, 4) is 0 Å². The Kier molecular flexibility index (Phi) is 12.4. The molecule has 0 aliphatic carbocycles. The Bertz CT molecular complexity index is 1710. The maximum absolute atomic E-state index is 13.8. The normalized spacial score (nSPS) is 15.5. The van der Waals surface area contributed by atoms with Gasteiger partial charge in [0.25, 0.3) is 0 Å². The van der Waals surface area contributed by atoms with Crippen LogP contribution in [-0.4, -0.2) is 73.3 Å². The number of carbonyl (C=O) groups is 2. The monoisotopic (exact) mass is 708 g/mol. The minimum absolute atomic E-state index is 0.00867. The third-order valence-electron chi connectivity index (χ3n) is 7.28. The summed E-state index contributed by atoms with van der Waals surface area (Å²) in [6.45, 7) is 1.40. The number of hydrogen-bond acceptors (Lipinski definition) is 8. The molecule has 6 N–H and O–H groups in total. The molecule has 0 aliphatic rings. The molecule has 2 amide bonds. The first-order chi connectivity index (χ1) is 24.3. The summed E-state index contributed by atoms with van der Waals surface area (Å²) in [6, 6.07) is 20.3. The molecule has 0 aromatic heterocycles. The number of nitrogens with two attached hydrogens (primary N) is 1. The van der Waals surface area contributed by atoms with Crippen molar-refractivity contribution in [3.63, 3.8) is 0 Å². The van der Waals surface area contributed by atoms with Crippen LogP contribution in [0.5, 0.6) is 0 Å². The van der Waals surface area contributed by atoms with E-state index in [4.69, 9.17) is 11.2 Å². The molecule has 0 fully saturated rings. The van der Waals surface area contributed by atoms with E-state index in [-0.39, 0.29) is 43.2 Å². The van der Waals surface area contributed by atoms with Crippen LogP contribution in [-0.2, 0) is 28.6 Å². The SMILES string of the molecule is [2H]C(OP(=O)(O)O)[C@H](CCCCNC(=O)[C@@H](NC(=O)OC([2H])([2H])[2H])C(c1ccccc1)c1ccccc1)N(CC(C)C)S(=O)(=O)c1ccc(N)cc1. The zero-order chi connectivity index (χ0) is 38.7. The molecule has 0 saturated heterocycles. The van der Waals surface area contributed by atoms with Crippen molar-refractivity contribution < 1.29 is 47.1 Å². The first kappa shape index (κ1) is 32.8. The number of methoxy groups -OCH3 is 1. The maximum atomic E-state index is 13.8. The number of hydrogen-bond donors (Lipinski definition) is 5. The smallest absolute Gasteiger partial charge is 0.453 e. The number of sulfonamides is 1. The van der Waals surface area contributed by atoms with Gasteiger partial charge in [-0.1, -0.05) is 80.9 Å². The van der Waals surface area contributed by atoms with Crippen molar-refractivity contribution in [2.24, 2.45) is 5.92 Å². The van der Waals surface area contributed by atoms with Gasteiger partial charge >= 0.3 is 13.9 Å². The molecular weight excluding hydrogens is 659 g/mol. The molecule has 0 bridgehead atoms. The van der Waals surface area contributed by atoms with Gasteiger partial charge in [0.2, 0.25) is 15.9 Å². The van der Waals surface area contributed by atoms with Crippen molar-refractivity contribution >= 4 is 35.5 Å². The lowest BCUT2D eigenvalue weighted by Gasteiger charge is -2.32. The third-order valence-corrected chi connectivity index (χ3v) is 9.58. The van der Waals surface area contributed by atoms with E-state index in [2.05, 4.69) is 19.9 Å². The minimum atomic E-state index is -5.20. The highest BCUT2D eigenvalue weighted by atomic mass is 32.2. The van der Waals surface area contributed by atoms with E-state index >= 15 is 0 Å². The van der Waals surface area contributed by atoms with Gasteiger partial charge in [0.15, 0.2) is 0 Å². The van der Waals surface area contributed by atoms with Crippen LogP contribution in [0.25, 0.3) is 0 Å². The first-order valence-electron chi connectivity index (χ1n) is 17.3. The zero-order valence-corrected chi connectivity index (χ0v) is 28.3. The van der Waals surface area contributed by atoms with Crippen LogP contribution < -0.4 is 16.4 Å². The van der Waals surface area contributed by atoms with Crippen molar-refractivity contribution in [1.82, 2.24) is 14.9 Å². The summed E-state index contributed by atoms with van der Waals surface area (Å²) in [7, 11) is -12.6. The number of rotatable bonds is 18. The fourth-order valence-corrected chi connectivity index (χ4v) is 7.19. The molecule has 15 heteroatoms. The van der Waals surface area contributed by atoms with Crippen LogP contribution in [0.15, 0.2) is 89.8 Å². The fourth-order valence-electron chi connectivity index (χ4n) is 5.13. The number of alkyl carbamates (subject to hydrolysis) is 1. The van der Waals surface area contributed by atoms with Crippen molar-refractivity contribution in [1.29, 1.82) is 0 Å². The predicted molar refractivity (Wildman–Crippen MR) is 182 cm³/mol. The molecule has 0 spiro atoms. The highest BCUT2D eigenvalue weighted by molar-refractivity contribution is 7.89. The van der Waals surface area contributed by atoms with Gasteiger partial charge in [0.05, 0.1) is 24.0 Å². The van der Waals surface area contributed by atoms with Crippen LogP contribution in [0.1, 0.15) is 55.6 Å². The number of ether oxygens (including phenoxy) is 1. The average Bonchev–Trinajstić information content (AvgIpc) is 3.04. The highest BCUT2D eigenvalue weighted by Gasteiger charge is 2.35. The topological polar surface area (TPSA) is 198 Å². The summed E-state index contributed by atoms with van der Waals surface area (Å²) < 4.78 is 80.0. The minimum Gasteiger partial charge on any atom is -0.453 e. The van der Waals surface area contributed by atoms with Gasteiger partial charge in [0.1, 0.15) is 6.04 Å². The molecule has 0 saturated carbocycles. The third kappa shape index (κ3) is 11.7. The average molecular weight is 709 g/mol. The quantitative estimate of drug-likeness (QED) is 0.0724. The molecule has 3 atom stereocenters. The Balaban J connectivity index is 1.85. The Hall–Kier alpha value is -3.78. The number of nitrogens with one attached hydrogen (secondary N) is 2. The van der Waals surface area contributed by atoms with Crippen molar-refractivity contribution in [2.75, 3.05) is 32.4 Å². The number of nitrogens with zero attached hydrogens (tertiary/aromatic N) is 1. The van der Waals surface area contributed by atoms with Crippen molar-refractivity contribution in [2.45, 2.75) is 56.0 Å².